The Balaban J connectivity index is 2.56. The van der Waals surface area contributed by atoms with E-state index in [0.29, 0.717) is 24.8 Å². The number of nitrogens with one attached hydrogen (secondary N) is 1. The number of amides is 1. The summed E-state index contributed by atoms with van der Waals surface area (Å²) >= 11 is 0. The number of benzene rings is 1. The molecule has 0 saturated carbocycles. The predicted octanol–water partition coefficient (Wildman–Crippen LogP) is 2.23. The molecule has 5 heteroatoms. The third kappa shape index (κ3) is 2.44. The Morgan fingerprint density at radius 1 is 1.29 bits per heavy atom. The van der Waals surface area contributed by atoms with Gasteiger partial charge in [0.2, 0.25) is 0 Å². The van der Waals surface area contributed by atoms with Gasteiger partial charge in [0.1, 0.15) is 22.9 Å². The first-order valence-electron chi connectivity index (χ1n) is 7.09. The summed E-state index contributed by atoms with van der Waals surface area (Å²) in [4.78, 5) is 14.3. The number of likely N-dealkylation sites (N-methyl/N-ethyl adjacent to an activating group) is 1. The molecule has 1 heterocycles. The molecule has 1 saturated heterocycles. The first-order chi connectivity index (χ1) is 9.94. The van der Waals surface area contributed by atoms with Crippen molar-refractivity contribution in [2.45, 2.75) is 26.3 Å². The van der Waals surface area contributed by atoms with E-state index < -0.39 is 5.54 Å². The molecular weight excluding hydrogens is 268 g/mol. The van der Waals surface area contributed by atoms with Crippen LogP contribution in [0.3, 0.4) is 0 Å². The van der Waals surface area contributed by atoms with Gasteiger partial charge < -0.3 is 19.7 Å². The average molecular weight is 290 g/mol. The number of rotatable bonds is 5. The molecule has 21 heavy (non-hydrogen) atoms. The van der Waals surface area contributed by atoms with E-state index in [1.54, 1.807) is 0 Å². The minimum absolute atomic E-state index is 0.121. The summed E-state index contributed by atoms with van der Waals surface area (Å²) in [5.41, 5.74) is -0.0942. The highest BCUT2D eigenvalue weighted by Gasteiger charge is 2.47. The fourth-order valence-electron chi connectivity index (χ4n) is 2.49. The van der Waals surface area contributed by atoms with E-state index in [4.69, 9.17) is 9.47 Å². The normalized spacial score (nSPS) is 21.4. The molecular formula is C16H22N2O3. The van der Waals surface area contributed by atoms with Crippen molar-refractivity contribution in [3.05, 3.63) is 36.2 Å². The Hall–Kier alpha value is -2.17. The highest BCUT2D eigenvalue weighted by atomic mass is 16.5. The van der Waals surface area contributed by atoms with Crippen molar-refractivity contribution < 1.29 is 14.3 Å². The summed E-state index contributed by atoms with van der Waals surface area (Å²) in [6, 6.07) is 5.56. The molecule has 1 atom stereocenters. The molecule has 1 N–H and O–H groups in total. The van der Waals surface area contributed by atoms with E-state index in [2.05, 4.69) is 11.9 Å². The van der Waals surface area contributed by atoms with Crippen LogP contribution in [0.5, 0.6) is 11.5 Å². The Kier molecular flexibility index (Phi) is 4.11. The van der Waals surface area contributed by atoms with E-state index in [0.717, 1.165) is 11.3 Å². The first-order valence-corrected chi connectivity index (χ1v) is 7.09. The first kappa shape index (κ1) is 15.2. The number of carbonyl (C=O) groups is 1. The molecule has 1 aromatic rings. The van der Waals surface area contributed by atoms with Crippen molar-refractivity contribution in [2.24, 2.45) is 0 Å². The molecule has 0 radical (unpaired) electrons. The van der Waals surface area contributed by atoms with Crippen molar-refractivity contribution in [1.29, 1.82) is 0 Å². The van der Waals surface area contributed by atoms with E-state index in [1.807, 2.05) is 50.9 Å². The lowest BCUT2D eigenvalue weighted by Gasteiger charge is -2.32. The fourth-order valence-corrected chi connectivity index (χ4v) is 2.49. The molecule has 1 aromatic carbocycles. The summed E-state index contributed by atoms with van der Waals surface area (Å²) in [5, 5.41) is 2.77. The van der Waals surface area contributed by atoms with Gasteiger partial charge in [-0.05, 0) is 39.0 Å². The Morgan fingerprint density at radius 2 is 1.95 bits per heavy atom. The van der Waals surface area contributed by atoms with Gasteiger partial charge in [-0.2, -0.15) is 0 Å². The molecule has 114 valence electrons. The second-order valence-electron chi connectivity index (χ2n) is 5.06. The van der Waals surface area contributed by atoms with Crippen LogP contribution < -0.4 is 14.8 Å². The maximum atomic E-state index is 12.4. The minimum atomic E-state index is -0.866. The summed E-state index contributed by atoms with van der Waals surface area (Å²) < 4.78 is 11.2. The summed E-state index contributed by atoms with van der Waals surface area (Å²) in [6.07, 6.45) is 0. The zero-order valence-corrected chi connectivity index (χ0v) is 13.0. The number of nitrogens with zero attached hydrogens (tertiary/aromatic N) is 1. The van der Waals surface area contributed by atoms with E-state index in [-0.39, 0.29) is 5.91 Å². The molecule has 1 aliphatic heterocycles. The quantitative estimate of drug-likeness (QED) is 0.903. The number of hydrogen-bond donors (Lipinski definition) is 1. The van der Waals surface area contributed by atoms with Gasteiger partial charge in [-0.25, -0.2) is 0 Å². The zero-order valence-electron chi connectivity index (χ0n) is 13.0. The molecule has 1 fully saturated rings. The Labute approximate surface area is 125 Å². The van der Waals surface area contributed by atoms with Crippen molar-refractivity contribution in [3.8, 4) is 11.5 Å². The van der Waals surface area contributed by atoms with Crippen LogP contribution >= 0.6 is 0 Å². The van der Waals surface area contributed by atoms with Crippen molar-refractivity contribution in [2.75, 3.05) is 20.3 Å². The van der Waals surface area contributed by atoms with E-state index in [9.17, 15) is 4.79 Å². The van der Waals surface area contributed by atoms with Crippen LogP contribution in [0.2, 0.25) is 0 Å². The van der Waals surface area contributed by atoms with Gasteiger partial charge in [-0.15, -0.1) is 0 Å². The smallest absolute Gasteiger partial charge is 0.255 e. The maximum Gasteiger partial charge on any atom is 0.255 e. The summed E-state index contributed by atoms with van der Waals surface area (Å²) in [5.74, 6) is 1.85. The second-order valence-corrected chi connectivity index (χ2v) is 5.06. The predicted molar refractivity (Wildman–Crippen MR) is 81.2 cm³/mol. The van der Waals surface area contributed by atoms with E-state index in [1.165, 1.54) is 0 Å². The highest BCUT2D eigenvalue weighted by molar-refractivity contribution is 5.92. The minimum Gasteiger partial charge on any atom is -0.494 e. The third-order valence-corrected chi connectivity index (χ3v) is 3.86. The fraction of sp³-hybridized carbons (Fsp3) is 0.438. The molecule has 0 aromatic heterocycles. The maximum absolute atomic E-state index is 12.4. The Bertz CT molecular complexity index is 571. The summed E-state index contributed by atoms with van der Waals surface area (Å²) in [7, 11) is 1.84. The van der Waals surface area contributed by atoms with Gasteiger partial charge in [-0.1, -0.05) is 6.58 Å². The molecule has 0 spiro atoms. The van der Waals surface area contributed by atoms with Gasteiger partial charge in [0.05, 0.1) is 13.2 Å². The van der Waals surface area contributed by atoms with E-state index >= 15 is 0 Å². The molecule has 1 aliphatic rings. The Morgan fingerprint density at radius 3 is 2.48 bits per heavy atom. The van der Waals surface area contributed by atoms with Crippen LogP contribution in [0, 0.1) is 0 Å². The molecule has 5 nitrogen and oxygen atoms in total. The van der Waals surface area contributed by atoms with Gasteiger partial charge in [0, 0.05) is 12.6 Å². The standard InChI is InChI=1S/C16H22N2O3/c1-6-20-12-8-9-14(21-7-2)13(10-12)16(4)15(19)17-11(3)18(16)5/h8-10H,3,6-7H2,1-2,4-5H3,(H,17,19). The van der Waals surface area contributed by atoms with Crippen molar-refractivity contribution in [3.63, 3.8) is 0 Å². The van der Waals surface area contributed by atoms with Crippen LogP contribution in [0.4, 0.5) is 0 Å². The molecule has 2 rings (SSSR count). The number of carbonyl (C=O) groups excluding carboxylic acids is 1. The lowest BCUT2D eigenvalue weighted by atomic mass is 9.90. The van der Waals surface area contributed by atoms with Crippen LogP contribution in [0.1, 0.15) is 26.3 Å². The molecule has 0 bridgehead atoms. The van der Waals surface area contributed by atoms with Crippen molar-refractivity contribution in [1.82, 2.24) is 10.2 Å². The van der Waals surface area contributed by atoms with Gasteiger partial charge >= 0.3 is 0 Å². The van der Waals surface area contributed by atoms with Gasteiger partial charge in [-0.3, -0.25) is 4.79 Å². The highest BCUT2D eigenvalue weighted by Crippen LogP contribution is 2.40. The largest absolute Gasteiger partial charge is 0.494 e. The monoisotopic (exact) mass is 290 g/mol. The second kappa shape index (κ2) is 5.68. The van der Waals surface area contributed by atoms with Crippen molar-refractivity contribution >= 4 is 5.91 Å². The lowest BCUT2D eigenvalue weighted by molar-refractivity contribution is -0.126. The number of ether oxygens (including phenoxy) is 2. The van der Waals surface area contributed by atoms with Gasteiger partial charge in [0.25, 0.3) is 5.91 Å². The molecule has 1 unspecified atom stereocenters. The van der Waals surface area contributed by atoms with Gasteiger partial charge in [0.15, 0.2) is 0 Å². The third-order valence-electron chi connectivity index (χ3n) is 3.86. The van der Waals surface area contributed by atoms with Crippen LogP contribution in [0.25, 0.3) is 0 Å². The molecule has 0 aliphatic carbocycles. The van der Waals surface area contributed by atoms with Crippen LogP contribution in [-0.2, 0) is 10.3 Å². The topological polar surface area (TPSA) is 50.8 Å². The zero-order chi connectivity index (χ0) is 15.6. The van der Waals surface area contributed by atoms with Crippen LogP contribution in [0.15, 0.2) is 30.6 Å². The summed E-state index contributed by atoms with van der Waals surface area (Å²) in [6.45, 7) is 10.7. The average Bonchev–Trinajstić information content (AvgIpc) is 2.65. The lowest BCUT2D eigenvalue weighted by Crippen LogP contribution is -2.41. The SMILES string of the molecule is C=C1NC(=O)C(C)(c2cc(OCC)ccc2OCC)N1C. The number of hydrogen-bond acceptors (Lipinski definition) is 4. The molecule has 1 amide bonds. The van der Waals surface area contributed by atoms with Crippen LogP contribution in [-0.4, -0.2) is 31.1 Å².